The Bertz CT molecular complexity index is 1740. The van der Waals surface area contributed by atoms with Gasteiger partial charge in [0, 0.05) is 68.4 Å². The largest absolute Gasteiger partial charge is 0.347 e. The number of nitrogens with one attached hydrogen (secondary N) is 1. The van der Waals surface area contributed by atoms with Gasteiger partial charge in [-0.1, -0.05) is 51.0 Å². The summed E-state index contributed by atoms with van der Waals surface area (Å²) in [6, 6.07) is 9.27. The van der Waals surface area contributed by atoms with Crippen LogP contribution >= 0.6 is 0 Å². The molecule has 1 fully saturated rings. The minimum Gasteiger partial charge on any atom is -0.347 e. The number of nitriles is 1. The van der Waals surface area contributed by atoms with Gasteiger partial charge in [-0.25, -0.2) is 19.9 Å². The number of fused-ring (bicyclic) bond motifs is 1. The molecule has 5 heterocycles. The average Bonchev–Trinajstić information content (AvgIpc) is 3.34. The minimum absolute atomic E-state index is 0.00683. The van der Waals surface area contributed by atoms with Crippen LogP contribution in [0.2, 0.25) is 0 Å². The molecule has 0 radical (unpaired) electrons. The fraction of sp³-hybridized carbons (Fsp3) is 0.538. The first-order chi connectivity index (χ1) is 25.1. The van der Waals surface area contributed by atoms with E-state index >= 15 is 0 Å². The molecule has 3 aromatic rings. The molecule has 2 amide bonds. The Morgan fingerprint density at radius 1 is 0.981 bits per heavy atom. The van der Waals surface area contributed by atoms with E-state index in [9.17, 15) is 19.6 Å². The van der Waals surface area contributed by atoms with E-state index in [0.717, 1.165) is 37.8 Å². The van der Waals surface area contributed by atoms with E-state index in [1.807, 2.05) is 36.6 Å². The summed E-state index contributed by atoms with van der Waals surface area (Å²) in [5.41, 5.74) is 7.58. The molecule has 1 saturated heterocycles. The Kier molecular flexibility index (Phi) is 13.2. The standard InChI is InChI=1S/C39H52N10O3/c1-28-26-47(20-21-48(28)35(51)25-43-34(50)15-11-9-7-5-4-6-8-10-12-18-40)38-44-23-30(24-45-38)32-17-16-31-36(52)39(2,3)49(37(31)46-32)27-29-14-13-19-42-33(29)22-41/h13-14,16-17,19,23-24,28H,4-12,15,18,20-21,25-27,40H2,1-3H3,(H,43,50)/t28-/m1/s1. The maximum absolute atomic E-state index is 13.4. The number of nitrogens with two attached hydrogens (primary N) is 1. The van der Waals surface area contributed by atoms with Crippen molar-refractivity contribution in [3.05, 3.63) is 59.7 Å². The highest BCUT2D eigenvalue weighted by Gasteiger charge is 2.45. The molecule has 2 aliphatic heterocycles. The molecule has 0 saturated carbocycles. The monoisotopic (exact) mass is 708 g/mol. The number of carbonyl (C=O) groups is 3. The van der Waals surface area contributed by atoms with Crippen molar-refractivity contribution in [1.29, 1.82) is 5.26 Å². The maximum Gasteiger partial charge on any atom is 0.242 e. The van der Waals surface area contributed by atoms with Crippen molar-refractivity contribution < 1.29 is 14.4 Å². The van der Waals surface area contributed by atoms with Crippen LogP contribution in [-0.4, -0.2) is 86.7 Å². The Morgan fingerprint density at radius 3 is 2.35 bits per heavy atom. The van der Waals surface area contributed by atoms with Gasteiger partial charge in [-0.15, -0.1) is 0 Å². The molecule has 3 N–H and O–H groups in total. The normalized spacial score (nSPS) is 16.5. The lowest BCUT2D eigenvalue weighted by Crippen LogP contribution is -2.56. The molecule has 0 bridgehead atoms. The number of nitrogens with zero attached hydrogens (tertiary/aromatic N) is 8. The van der Waals surface area contributed by atoms with E-state index in [4.69, 9.17) is 10.7 Å². The summed E-state index contributed by atoms with van der Waals surface area (Å²) in [4.78, 5) is 62.9. The molecular weight excluding hydrogens is 656 g/mol. The number of piperazine rings is 1. The van der Waals surface area contributed by atoms with Gasteiger partial charge in [0.1, 0.15) is 17.6 Å². The third kappa shape index (κ3) is 9.28. The van der Waals surface area contributed by atoms with Gasteiger partial charge < -0.3 is 25.8 Å². The summed E-state index contributed by atoms with van der Waals surface area (Å²) in [6.07, 6.45) is 15.8. The zero-order valence-corrected chi connectivity index (χ0v) is 30.8. The number of amides is 2. The first-order valence-corrected chi connectivity index (χ1v) is 18.6. The van der Waals surface area contributed by atoms with E-state index in [0.29, 0.717) is 66.9 Å². The van der Waals surface area contributed by atoms with Crippen LogP contribution in [0, 0.1) is 11.3 Å². The van der Waals surface area contributed by atoms with Crippen LogP contribution in [-0.2, 0) is 16.1 Å². The first kappa shape index (κ1) is 38.3. The molecule has 2 aliphatic rings. The van der Waals surface area contributed by atoms with Gasteiger partial charge in [0.2, 0.25) is 17.8 Å². The highest BCUT2D eigenvalue weighted by Crippen LogP contribution is 2.39. The van der Waals surface area contributed by atoms with Gasteiger partial charge in [-0.3, -0.25) is 14.4 Å². The summed E-state index contributed by atoms with van der Waals surface area (Å²) >= 11 is 0. The second-order valence-electron chi connectivity index (χ2n) is 14.3. The fourth-order valence-electron chi connectivity index (χ4n) is 6.98. The Morgan fingerprint density at radius 2 is 1.67 bits per heavy atom. The van der Waals surface area contributed by atoms with E-state index in [-0.39, 0.29) is 30.2 Å². The van der Waals surface area contributed by atoms with Crippen molar-refractivity contribution in [3.63, 3.8) is 0 Å². The van der Waals surface area contributed by atoms with Crippen molar-refractivity contribution in [2.24, 2.45) is 5.73 Å². The van der Waals surface area contributed by atoms with Crippen LogP contribution in [0.15, 0.2) is 42.9 Å². The lowest BCUT2D eigenvalue weighted by Gasteiger charge is -2.39. The van der Waals surface area contributed by atoms with Crippen molar-refractivity contribution in [1.82, 2.24) is 30.2 Å². The minimum atomic E-state index is -0.854. The number of unbranched alkanes of at least 4 members (excludes halogenated alkanes) is 8. The number of rotatable bonds is 17. The molecule has 0 unspecified atom stereocenters. The average molecular weight is 709 g/mol. The van der Waals surface area contributed by atoms with Crippen LogP contribution < -0.4 is 20.9 Å². The number of hydrogen-bond acceptors (Lipinski definition) is 11. The lowest BCUT2D eigenvalue weighted by molar-refractivity contribution is -0.134. The Balaban J connectivity index is 1.10. The van der Waals surface area contributed by atoms with Crippen molar-refractivity contribution in [3.8, 4) is 17.3 Å². The predicted octanol–water partition coefficient (Wildman–Crippen LogP) is 4.80. The van der Waals surface area contributed by atoms with Gasteiger partial charge in [-0.2, -0.15) is 5.26 Å². The molecule has 1 atom stereocenters. The molecule has 276 valence electrons. The lowest BCUT2D eigenvalue weighted by atomic mass is 9.97. The van der Waals surface area contributed by atoms with E-state index in [1.54, 1.807) is 36.8 Å². The number of carbonyl (C=O) groups excluding carboxylic acids is 3. The van der Waals surface area contributed by atoms with Gasteiger partial charge in [0.25, 0.3) is 0 Å². The number of pyridine rings is 2. The van der Waals surface area contributed by atoms with Crippen molar-refractivity contribution >= 4 is 29.4 Å². The van der Waals surface area contributed by atoms with Gasteiger partial charge in [0.15, 0.2) is 5.78 Å². The Labute approximate surface area is 307 Å². The van der Waals surface area contributed by atoms with E-state index in [1.165, 1.54) is 32.1 Å². The van der Waals surface area contributed by atoms with Gasteiger partial charge in [-0.05, 0) is 58.4 Å². The second-order valence-corrected chi connectivity index (χ2v) is 14.3. The van der Waals surface area contributed by atoms with Gasteiger partial charge >= 0.3 is 0 Å². The highest BCUT2D eigenvalue weighted by atomic mass is 16.2. The van der Waals surface area contributed by atoms with Crippen LogP contribution in [0.3, 0.4) is 0 Å². The number of Topliss-reactive ketones (excluding diaryl/α,β-unsaturated/α-hetero) is 1. The van der Waals surface area contributed by atoms with E-state index in [2.05, 4.69) is 31.2 Å². The SMILES string of the molecule is C[C@@H]1CN(c2ncc(-c3ccc4c(n3)N(Cc3cccnc3C#N)C(C)(C)C4=O)cn2)CCN1C(=O)CNC(=O)CCCCCCCCCCCN. The van der Waals surface area contributed by atoms with Crippen LogP contribution in [0.1, 0.15) is 107 Å². The highest BCUT2D eigenvalue weighted by molar-refractivity contribution is 6.12. The zero-order valence-electron chi connectivity index (χ0n) is 30.8. The topological polar surface area (TPSA) is 174 Å². The van der Waals surface area contributed by atoms with E-state index < -0.39 is 5.54 Å². The quantitative estimate of drug-likeness (QED) is 0.184. The third-order valence-corrected chi connectivity index (χ3v) is 10.1. The summed E-state index contributed by atoms with van der Waals surface area (Å²) < 4.78 is 0. The molecule has 13 nitrogen and oxygen atoms in total. The summed E-state index contributed by atoms with van der Waals surface area (Å²) in [6.45, 7) is 8.44. The first-order valence-electron chi connectivity index (χ1n) is 18.6. The smallest absolute Gasteiger partial charge is 0.242 e. The van der Waals surface area contributed by atoms with Crippen molar-refractivity contribution in [2.75, 3.05) is 42.5 Å². The maximum atomic E-state index is 13.4. The number of aromatic nitrogens is 4. The van der Waals surface area contributed by atoms with Crippen LogP contribution in [0.5, 0.6) is 0 Å². The second kappa shape index (κ2) is 18.0. The molecular formula is C39H52N10O3. The number of hydrogen-bond donors (Lipinski definition) is 2. The molecule has 13 heteroatoms. The molecule has 3 aromatic heterocycles. The van der Waals surface area contributed by atoms with Crippen LogP contribution in [0.4, 0.5) is 11.8 Å². The van der Waals surface area contributed by atoms with Gasteiger partial charge in [0.05, 0.1) is 23.3 Å². The predicted molar refractivity (Wildman–Crippen MR) is 200 cm³/mol. The number of anilines is 2. The summed E-state index contributed by atoms with van der Waals surface area (Å²) in [7, 11) is 0. The Hall–Kier alpha value is -4.96. The van der Waals surface area contributed by atoms with Crippen molar-refractivity contribution in [2.45, 2.75) is 103 Å². The zero-order chi connectivity index (χ0) is 37.1. The number of ketones is 1. The molecule has 5 rings (SSSR count). The summed E-state index contributed by atoms with van der Waals surface area (Å²) in [5.74, 6) is 0.911. The molecule has 0 spiro atoms. The third-order valence-electron chi connectivity index (χ3n) is 10.1. The fourth-order valence-corrected chi connectivity index (χ4v) is 6.98. The summed E-state index contributed by atoms with van der Waals surface area (Å²) in [5, 5.41) is 12.4. The molecule has 52 heavy (non-hydrogen) atoms. The molecule has 0 aliphatic carbocycles. The van der Waals surface area contributed by atoms with Crippen LogP contribution in [0.25, 0.3) is 11.3 Å². The molecule has 0 aromatic carbocycles.